The molecule has 2 aromatic rings. The summed E-state index contributed by atoms with van der Waals surface area (Å²) in [5.74, 6) is 0.853. The van der Waals surface area contributed by atoms with Gasteiger partial charge >= 0.3 is 6.18 Å². The lowest BCUT2D eigenvalue weighted by Crippen LogP contribution is -2.28. The fourth-order valence-corrected chi connectivity index (χ4v) is 2.95. The largest absolute Gasteiger partial charge is 0.497 e. The topological polar surface area (TPSA) is 47.6 Å². The van der Waals surface area contributed by atoms with Crippen LogP contribution in [0, 0.1) is 0 Å². The van der Waals surface area contributed by atoms with Gasteiger partial charge in [-0.1, -0.05) is 19.1 Å². The molecule has 2 rings (SSSR count). The number of rotatable bonds is 7. The van der Waals surface area contributed by atoms with Crippen molar-refractivity contribution in [3.05, 3.63) is 59.2 Å². The summed E-state index contributed by atoms with van der Waals surface area (Å²) in [6.45, 7) is 3.64. The van der Waals surface area contributed by atoms with Crippen molar-refractivity contribution < 1.29 is 27.4 Å². The molecule has 7 heteroatoms. The maximum absolute atomic E-state index is 12.7. The van der Waals surface area contributed by atoms with Crippen LogP contribution in [0.2, 0.25) is 0 Å². The Balaban J connectivity index is 2.03. The lowest BCUT2D eigenvalue weighted by Gasteiger charge is -2.20. The van der Waals surface area contributed by atoms with Crippen molar-refractivity contribution in [3.63, 3.8) is 0 Å². The normalized spacial score (nSPS) is 13.5. The van der Waals surface area contributed by atoms with E-state index in [1.54, 1.807) is 39.3 Å². The number of amides is 1. The number of carbonyl (C=O) groups is 1. The summed E-state index contributed by atoms with van der Waals surface area (Å²) in [5, 5.41) is 2.90. The van der Waals surface area contributed by atoms with Crippen molar-refractivity contribution in [2.75, 3.05) is 14.2 Å². The van der Waals surface area contributed by atoms with Crippen LogP contribution in [0.5, 0.6) is 11.5 Å². The molecule has 152 valence electrons. The van der Waals surface area contributed by atoms with Crippen LogP contribution >= 0.6 is 0 Å². The predicted molar refractivity (Wildman–Crippen MR) is 101 cm³/mol. The summed E-state index contributed by atoms with van der Waals surface area (Å²) in [4.78, 5) is 12.4. The van der Waals surface area contributed by atoms with Crippen LogP contribution in [0.3, 0.4) is 0 Å². The zero-order valence-corrected chi connectivity index (χ0v) is 16.3. The Morgan fingerprint density at radius 1 is 1.04 bits per heavy atom. The highest BCUT2D eigenvalue weighted by Crippen LogP contribution is 2.31. The lowest BCUT2D eigenvalue weighted by atomic mass is 9.96. The van der Waals surface area contributed by atoms with E-state index in [9.17, 15) is 18.0 Å². The highest BCUT2D eigenvalue weighted by atomic mass is 19.4. The molecule has 0 aliphatic carbocycles. The van der Waals surface area contributed by atoms with Gasteiger partial charge in [0.05, 0.1) is 25.8 Å². The predicted octanol–water partition coefficient (Wildman–Crippen LogP) is 5.09. The first kappa shape index (κ1) is 21.6. The summed E-state index contributed by atoms with van der Waals surface area (Å²) >= 11 is 0. The Bertz CT molecular complexity index is 804. The number of hydrogen-bond donors (Lipinski definition) is 1. The molecule has 1 N–H and O–H groups in total. The SMILES string of the molecule is COc1ccc(OC)c(C(C)NC(=O)CC(C)c2ccc(C(F)(F)F)cc2)c1. The average molecular weight is 395 g/mol. The van der Waals surface area contributed by atoms with E-state index >= 15 is 0 Å². The number of ether oxygens (including phenoxy) is 2. The zero-order valence-electron chi connectivity index (χ0n) is 16.3. The van der Waals surface area contributed by atoms with Gasteiger partial charge in [-0.3, -0.25) is 4.79 Å². The number of benzene rings is 2. The van der Waals surface area contributed by atoms with E-state index in [2.05, 4.69) is 5.32 Å². The maximum Gasteiger partial charge on any atom is 0.416 e. The van der Waals surface area contributed by atoms with Gasteiger partial charge in [-0.2, -0.15) is 13.2 Å². The molecule has 0 heterocycles. The van der Waals surface area contributed by atoms with E-state index in [0.717, 1.165) is 17.7 Å². The molecule has 0 aliphatic rings. The quantitative estimate of drug-likeness (QED) is 0.710. The van der Waals surface area contributed by atoms with Crippen LogP contribution in [-0.2, 0) is 11.0 Å². The minimum Gasteiger partial charge on any atom is -0.497 e. The smallest absolute Gasteiger partial charge is 0.416 e. The van der Waals surface area contributed by atoms with Crippen LogP contribution in [0.15, 0.2) is 42.5 Å². The van der Waals surface area contributed by atoms with Crippen molar-refractivity contribution in [3.8, 4) is 11.5 Å². The van der Waals surface area contributed by atoms with Gasteiger partial charge in [0.2, 0.25) is 5.91 Å². The summed E-state index contributed by atoms with van der Waals surface area (Å²) in [5.41, 5.74) is 0.749. The van der Waals surface area contributed by atoms with Crippen LogP contribution in [0.25, 0.3) is 0 Å². The van der Waals surface area contributed by atoms with Crippen LogP contribution in [0.1, 0.15) is 48.9 Å². The van der Waals surface area contributed by atoms with Crippen molar-refractivity contribution >= 4 is 5.91 Å². The molecule has 4 nitrogen and oxygen atoms in total. The summed E-state index contributed by atoms with van der Waals surface area (Å²) in [6, 6.07) is 9.90. The first-order valence-corrected chi connectivity index (χ1v) is 8.84. The van der Waals surface area contributed by atoms with Crippen LogP contribution < -0.4 is 14.8 Å². The highest BCUT2D eigenvalue weighted by Gasteiger charge is 2.30. The Labute approximate surface area is 162 Å². The molecule has 2 unspecified atom stereocenters. The number of hydrogen-bond acceptors (Lipinski definition) is 3. The van der Waals surface area contributed by atoms with Crippen molar-refractivity contribution in [2.45, 2.75) is 38.4 Å². The molecule has 0 fully saturated rings. The third kappa shape index (κ3) is 5.41. The van der Waals surface area contributed by atoms with Gasteiger partial charge in [0.15, 0.2) is 0 Å². The maximum atomic E-state index is 12.7. The number of nitrogens with one attached hydrogen (secondary N) is 1. The van der Waals surface area contributed by atoms with Gasteiger partial charge in [-0.05, 0) is 48.7 Å². The highest BCUT2D eigenvalue weighted by molar-refractivity contribution is 5.77. The molecule has 0 aromatic heterocycles. The van der Waals surface area contributed by atoms with Crippen molar-refractivity contribution in [2.24, 2.45) is 0 Å². The number of halogens is 3. The molecule has 2 aromatic carbocycles. The van der Waals surface area contributed by atoms with E-state index in [1.807, 2.05) is 6.92 Å². The lowest BCUT2D eigenvalue weighted by molar-refractivity contribution is -0.137. The molecular weight excluding hydrogens is 371 g/mol. The summed E-state index contributed by atoms with van der Waals surface area (Å²) in [6.07, 6.45) is -4.22. The van der Waals surface area contributed by atoms with Gasteiger partial charge in [0.1, 0.15) is 11.5 Å². The summed E-state index contributed by atoms with van der Waals surface area (Å²) < 4.78 is 48.6. The molecule has 0 saturated carbocycles. The van der Waals surface area contributed by atoms with Crippen LogP contribution in [0.4, 0.5) is 13.2 Å². The van der Waals surface area contributed by atoms with Gasteiger partial charge in [-0.25, -0.2) is 0 Å². The fourth-order valence-electron chi connectivity index (χ4n) is 2.95. The number of alkyl halides is 3. The Morgan fingerprint density at radius 3 is 2.21 bits per heavy atom. The zero-order chi connectivity index (χ0) is 20.9. The van der Waals surface area contributed by atoms with E-state index in [-0.39, 0.29) is 24.3 Å². The Kier molecular flexibility index (Phi) is 6.94. The average Bonchev–Trinajstić information content (AvgIpc) is 2.66. The van der Waals surface area contributed by atoms with E-state index in [4.69, 9.17) is 9.47 Å². The van der Waals surface area contributed by atoms with E-state index in [1.165, 1.54) is 12.1 Å². The molecule has 0 bridgehead atoms. The van der Waals surface area contributed by atoms with Crippen molar-refractivity contribution in [1.82, 2.24) is 5.32 Å². The monoisotopic (exact) mass is 395 g/mol. The second kappa shape index (κ2) is 8.99. The third-order valence-corrected chi connectivity index (χ3v) is 4.58. The summed E-state index contributed by atoms with van der Waals surface area (Å²) in [7, 11) is 3.10. The molecule has 0 saturated heterocycles. The first-order valence-electron chi connectivity index (χ1n) is 8.84. The molecule has 1 amide bonds. The standard InChI is InChI=1S/C21H24F3NO3/c1-13(15-5-7-16(8-6-15)21(22,23)24)11-20(26)25-14(2)18-12-17(27-3)9-10-19(18)28-4/h5-10,12-14H,11H2,1-4H3,(H,25,26). The minimum absolute atomic E-state index is 0.155. The Hall–Kier alpha value is -2.70. The first-order chi connectivity index (χ1) is 13.2. The van der Waals surface area contributed by atoms with E-state index < -0.39 is 11.7 Å². The molecule has 0 radical (unpaired) electrons. The Morgan fingerprint density at radius 2 is 1.68 bits per heavy atom. The van der Waals surface area contributed by atoms with Gasteiger partial charge in [-0.15, -0.1) is 0 Å². The molecule has 2 atom stereocenters. The molecule has 28 heavy (non-hydrogen) atoms. The molecule has 0 spiro atoms. The van der Waals surface area contributed by atoms with E-state index in [0.29, 0.717) is 17.1 Å². The van der Waals surface area contributed by atoms with Crippen molar-refractivity contribution in [1.29, 1.82) is 0 Å². The second-order valence-corrected chi connectivity index (χ2v) is 6.62. The second-order valence-electron chi connectivity index (χ2n) is 6.62. The fraction of sp³-hybridized carbons (Fsp3) is 0.381. The van der Waals surface area contributed by atoms with Gasteiger partial charge < -0.3 is 14.8 Å². The molecule has 0 aliphatic heterocycles. The molecular formula is C21H24F3NO3. The van der Waals surface area contributed by atoms with Crippen LogP contribution in [-0.4, -0.2) is 20.1 Å². The van der Waals surface area contributed by atoms with Gasteiger partial charge in [0, 0.05) is 12.0 Å². The third-order valence-electron chi connectivity index (χ3n) is 4.58. The number of methoxy groups -OCH3 is 2. The minimum atomic E-state index is -4.37. The van der Waals surface area contributed by atoms with Gasteiger partial charge in [0.25, 0.3) is 0 Å². The number of carbonyl (C=O) groups excluding carboxylic acids is 1.